The van der Waals surface area contributed by atoms with Crippen molar-refractivity contribution >= 4 is 23.1 Å². The average molecular weight is 410 g/mol. The molecule has 1 aliphatic heterocycles. The second-order valence-electron chi connectivity index (χ2n) is 7.50. The van der Waals surface area contributed by atoms with Gasteiger partial charge in [-0.3, -0.25) is 19.7 Å². The maximum absolute atomic E-state index is 13.5. The molecule has 1 N–H and O–H groups in total. The van der Waals surface area contributed by atoms with Crippen molar-refractivity contribution in [3.05, 3.63) is 81.2 Å². The molecule has 8 heteroatoms. The molecular formula is C22H19FN2O5. The van der Waals surface area contributed by atoms with E-state index in [1.54, 1.807) is 0 Å². The molecule has 1 saturated heterocycles. The van der Waals surface area contributed by atoms with Gasteiger partial charge in [-0.05, 0) is 42.7 Å². The highest BCUT2D eigenvalue weighted by molar-refractivity contribution is 6.46. The van der Waals surface area contributed by atoms with Crippen molar-refractivity contribution in [3.8, 4) is 0 Å². The van der Waals surface area contributed by atoms with Crippen LogP contribution in [0.3, 0.4) is 0 Å². The molecule has 7 nitrogen and oxygen atoms in total. The first-order chi connectivity index (χ1) is 14.4. The lowest BCUT2D eigenvalue weighted by Crippen LogP contribution is -2.37. The minimum Gasteiger partial charge on any atom is -0.507 e. The third-order valence-electron chi connectivity index (χ3n) is 5.74. The first-order valence-corrected chi connectivity index (χ1v) is 9.69. The summed E-state index contributed by atoms with van der Waals surface area (Å²) in [6.07, 6.45) is 3.38. The molecule has 154 valence electrons. The SMILES string of the molecule is O=C1C(=O)N(C2CCCC2)C(c2ccc(F)cc2)/C1=C(/O)c1ccc([N+](=O)[O-])cc1. The Morgan fingerprint density at radius 2 is 1.63 bits per heavy atom. The van der Waals surface area contributed by atoms with E-state index in [2.05, 4.69) is 0 Å². The molecule has 0 bridgehead atoms. The van der Waals surface area contributed by atoms with E-state index >= 15 is 0 Å². The lowest BCUT2D eigenvalue weighted by atomic mass is 9.94. The zero-order chi connectivity index (χ0) is 21.4. The maximum atomic E-state index is 13.5. The Morgan fingerprint density at radius 1 is 1.03 bits per heavy atom. The Kier molecular flexibility index (Phi) is 5.07. The number of likely N-dealkylation sites (tertiary alicyclic amines) is 1. The first-order valence-electron chi connectivity index (χ1n) is 9.69. The number of aliphatic hydroxyl groups is 1. The number of benzene rings is 2. The fourth-order valence-electron chi connectivity index (χ4n) is 4.28. The summed E-state index contributed by atoms with van der Waals surface area (Å²) in [5.74, 6) is -2.36. The van der Waals surface area contributed by atoms with Gasteiger partial charge in [0.05, 0.1) is 16.5 Å². The predicted molar refractivity (Wildman–Crippen MR) is 106 cm³/mol. The minimum absolute atomic E-state index is 0.0904. The minimum atomic E-state index is -0.844. The normalized spacial score (nSPS) is 21.4. The van der Waals surface area contributed by atoms with Gasteiger partial charge in [-0.25, -0.2) is 4.39 Å². The third-order valence-corrected chi connectivity index (χ3v) is 5.74. The van der Waals surface area contributed by atoms with Crippen LogP contribution in [0, 0.1) is 15.9 Å². The van der Waals surface area contributed by atoms with Crippen LogP contribution in [0.1, 0.15) is 42.9 Å². The Bertz CT molecular complexity index is 1040. The van der Waals surface area contributed by atoms with E-state index in [9.17, 15) is 29.2 Å². The van der Waals surface area contributed by atoms with E-state index in [1.165, 1.54) is 53.4 Å². The number of carbonyl (C=O) groups excluding carboxylic acids is 2. The Balaban J connectivity index is 1.85. The highest BCUT2D eigenvalue weighted by Gasteiger charge is 2.49. The molecule has 2 aliphatic rings. The maximum Gasteiger partial charge on any atom is 0.295 e. The van der Waals surface area contributed by atoms with Crippen molar-refractivity contribution in [2.24, 2.45) is 0 Å². The van der Waals surface area contributed by atoms with Crippen LogP contribution >= 0.6 is 0 Å². The molecule has 4 rings (SSSR count). The summed E-state index contributed by atoms with van der Waals surface area (Å²) in [7, 11) is 0. The topological polar surface area (TPSA) is 101 Å². The number of amides is 1. The fraction of sp³-hybridized carbons (Fsp3) is 0.273. The third kappa shape index (κ3) is 3.34. The molecule has 1 heterocycles. The Hall–Kier alpha value is -3.55. The molecule has 1 atom stereocenters. The van der Waals surface area contributed by atoms with Gasteiger partial charge in [0.15, 0.2) is 0 Å². The van der Waals surface area contributed by atoms with Gasteiger partial charge in [-0.1, -0.05) is 25.0 Å². The van der Waals surface area contributed by atoms with Gasteiger partial charge in [0, 0.05) is 23.7 Å². The highest BCUT2D eigenvalue weighted by Crippen LogP contribution is 2.43. The molecule has 1 aliphatic carbocycles. The summed E-state index contributed by atoms with van der Waals surface area (Å²) >= 11 is 0. The molecule has 0 spiro atoms. The summed E-state index contributed by atoms with van der Waals surface area (Å²) in [6, 6.07) is 9.60. The summed E-state index contributed by atoms with van der Waals surface area (Å²) < 4.78 is 13.5. The average Bonchev–Trinajstić information content (AvgIpc) is 3.35. The number of Topliss-reactive ketones (excluding diaryl/α,β-unsaturated/α-hetero) is 1. The smallest absolute Gasteiger partial charge is 0.295 e. The molecule has 1 unspecified atom stereocenters. The van der Waals surface area contributed by atoms with Gasteiger partial charge in [-0.2, -0.15) is 0 Å². The zero-order valence-electron chi connectivity index (χ0n) is 16.0. The summed E-state index contributed by atoms with van der Waals surface area (Å²) in [5.41, 5.74) is 0.462. The zero-order valence-corrected chi connectivity index (χ0v) is 16.0. The number of hydrogen-bond acceptors (Lipinski definition) is 5. The number of halogens is 1. The van der Waals surface area contributed by atoms with Crippen molar-refractivity contribution < 1.29 is 24.0 Å². The second-order valence-corrected chi connectivity index (χ2v) is 7.50. The Labute approximate surface area is 171 Å². The molecule has 2 aromatic rings. The van der Waals surface area contributed by atoms with Gasteiger partial charge in [0.2, 0.25) is 0 Å². The van der Waals surface area contributed by atoms with Crippen LogP contribution in [-0.4, -0.2) is 32.7 Å². The van der Waals surface area contributed by atoms with Crippen LogP contribution in [0.4, 0.5) is 10.1 Å². The monoisotopic (exact) mass is 410 g/mol. The van der Waals surface area contributed by atoms with E-state index < -0.39 is 34.2 Å². The van der Waals surface area contributed by atoms with Crippen LogP contribution in [-0.2, 0) is 9.59 Å². The number of aliphatic hydroxyl groups excluding tert-OH is 1. The van der Waals surface area contributed by atoms with Crippen LogP contribution in [0.5, 0.6) is 0 Å². The molecule has 1 saturated carbocycles. The first kappa shape index (κ1) is 19.8. The standard InChI is InChI=1S/C22H19FN2O5/c23-15-9-5-13(6-10-15)19-18(20(26)14-7-11-17(12-8-14)25(29)30)21(27)22(28)24(19)16-3-1-2-4-16/h5-12,16,19,26H,1-4H2/b20-18-. The fourth-order valence-corrected chi connectivity index (χ4v) is 4.28. The van der Waals surface area contributed by atoms with Crippen molar-refractivity contribution in [1.82, 2.24) is 4.90 Å². The van der Waals surface area contributed by atoms with Crippen LogP contribution in [0.25, 0.3) is 5.76 Å². The second kappa shape index (κ2) is 7.70. The molecular weight excluding hydrogens is 391 g/mol. The van der Waals surface area contributed by atoms with Gasteiger partial charge in [0.25, 0.3) is 17.4 Å². The van der Waals surface area contributed by atoms with E-state index in [0.717, 1.165) is 25.7 Å². The van der Waals surface area contributed by atoms with E-state index in [-0.39, 0.29) is 22.9 Å². The number of nitro benzene ring substituents is 1. The largest absolute Gasteiger partial charge is 0.507 e. The predicted octanol–water partition coefficient (Wildman–Crippen LogP) is 4.10. The molecule has 2 aromatic carbocycles. The quantitative estimate of drug-likeness (QED) is 0.269. The van der Waals surface area contributed by atoms with Crippen molar-refractivity contribution in [1.29, 1.82) is 0 Å². The number of nitrogens with zero attached hydrogens (tertiary/aromatic N) is 2. The van der Waals surface area contributed by atoms with Gasteiger partial charge >= 0.3 is 0 Å². The molecule has 1 amide bonds. The number of nitro groups is 1. The molecule has 30 heavy (non-hydrogen) atoms. The van der Waals surface area contributed by atoms with Crippen molar-refractivity contribution in [2.45, 2.75) is 37.8 Å². The van der Waals surface area contributed by atoms with Gasteiger partial charge in [0.1, 0.15) is 11.6 Å². The number of rotatable bonds is 4. The van der Waals surface area contributed by atoms with Gasteiger partial charge < -0.3 is 10.0 Å². The lowest BCUT2D eigenvalue weighted by Gasteiger charge is -2.30. The van der Waals surface area contributed by atoms with Crippen LogP contribution in [0.15, 0.2) is 54.1 Å². The molecule has 0 aromatic heterocycles. The molecule has 0 radical (unpaired) electrons. The van der Waals surface area contributed by atoms with E-state index in [1.807, 2.05) is 0 Å². The summed E-state index contributed by atoms with van der Waals surface area (Å²) in [5, 5.41) is 21.8. The number of ketones is 1. The van der Waals surface area contributed by atoms with Crippen LogP contribution < -0.4 is 0 Å². The van der Waals surface area contributed by atoms with Crippen molar-refractivity contribution in [3.63, 3.8) is 0 Å². The number of carbonyl (C=O) groups is 2. The number of non-ortho nitro benzene ring substituents is 1. The summed E-state index contributed by atoms with van der Waals surface area (Å²) in [6.45, 7) is 0. The van der Waals surface area contributed by atoms with E-state index in [4.69, 9.17) is 0 Å². The highest BCUT2D eigenvalue weighted by atomic mass is 19.1. The van der Waals surface area contributed by atoms with E-state index in [0.29, 0.717) is 5.56 Å². The number of hydrogen-bond donors (Lipinski definition) is 1. The van der Waals surface area contributed by atoms with Crippen molar-refractivity contribution in [2.75, 3.05) is 0 Å². The Morgan fingerprint density at radius 3 is 2.20 bits per heavy atom. The van der Waals surface area contributed by atoms with Crippen LogP contribution in [0.2, 0.25) is 0 Å². The molecule has 2 fully saturated rings. The summed E-state index contributed by atoms with van der Waals surface area (Å²) in [4.78, 5) is 37.6. The lowest BCUT2D eigenvalue weighted by molar-refractivity contribution is -0.384. The van der Waals surface area contributed by atoms with Gasteiger partial charge in [-0.15, -0.1) is 0 Å².